The van der Waals surface area contributed by atoms with E-state index in [1.54, 1.807) is 37.4 Å². The number of carbonyl (C=O) groups is 2. The molecule has 2 rings (SSSR count). The predicted octanol–water partition coefficient (Wildman–Crippen LogP) is 3.46. The minimum Gasteiger partial charge on any atom is -0.355 e. The number of carbonyl (C=O) groups excluding carboxylic acids is 2. The standard InChI is InChI=1S/C17H15BrN2O2/c1-19-17(22)13-6-9-14(10-7-13)20-16(21)11-8-12-4-2-3-5-15(12)18/h2-11H,1H3,(H,19,22)(H,20,21)/b11-8+. The molecule has 2 aromatic rings. The quantitative estimate of drug-likeness (QED) is 0.822. The van der Waals surface area contributed by atoms with Crippen molar-refractivity contribution < 1.29 is 9.59 Å². The van der Waals surface area contributed by atoms with Gasteiger partial charge in [0.05, 0.1) is 0 Å². The van der Waals surface area contributed by atoms with E-state index in [1.165, 1.54) is 6.08 Å². The first-order valence-corrected chi connectivity index (χ1v) is 7.45. The van der Waals surface area contributed by atoms with Crippen LogP contribution in [0.15, 0.2) is 59.1 Å². The molecule has 2 amide bonds. The summed E-state index contributed by atoms with van der Waals surface area (Å²) in [5.74, 6) is -0.393. The highest BCUT2D eigenvalue weighted by atomic mass is 79.9. The van der Waals surface area contributed by atoms with E-state index in [4.69, 9.17) is 0 Å². The number of hydrogen-bond donors (Lipinski definition) is 2. The number of amides is 2. The van der Waals surface area contributed by atoms with Gasteiger partial charge in [-0.25, -0.2) is 0 Å². The van der Waals surface area contributed by atoms with E-state index < -0.39 is 0 Å². The van der Waals surface area contributed by atoms with Crippen molar-refractivity contribution in [3.05, 3.63) is 70.2 Å². The zero-order valence-electron chi connectivity index (χ0n) is 12.0. The van der Waals surface area contributed by atoms with Crippen molar-refractivity contribution in [2.75, 3.05) is 12.4 Å². The average molecular weight is 359 g/mol. The molecule has 0 fully saturated rings. The summed E-state index contributed by atoms with van der Waals surface area (Å²) in [4.78, 5) is 23.3. The maximum atomic E-state index is 11.9. The van der Waals surface area contributed by atoms with Crippen molar-refractivity contribution in [3.63, 3.8) is 0 Å². The summed E-state index contributed by atoms with van der Waals surface area (Å²) in [5, 5.41) is 5.29. The van der Waals surface area contributed by atoms with Gasteiger partial charge in [-0.05, 0) is 42.0 Å². The number of nitrogens with one attached hydrogen (secondary N) is 2. The van der Waals surface area contributed by atoms with Gasteiger partial charge < -0.3 is 10.6 Å². The maximum Gasteiger partial charge on any atom is 0.251 e. The Morgan fingerprint density at radius 1 is 1.05 bits per heavy atom. The Balaban J connectivity index is 2.00. The molecular formula is C17H15BrN2O2. The van der Waals surface area contributed by atoms with Crippen LogP contribution in [-0.2, 0) is 4.79 Å². The highest BCUT2D eigenvalue weighted by molar-refractivity contribution is 9.10. The van der Waals surface area contributed by atoms with Crippen LogP contribution in [0.3, 0.4) is 0 Å². The second kappa shape index (κ2) is 7.56. The van der Waals surface area contributed by atoms with E-state index in [9.17, 15) is 9.59 Å². The van der Waals surface area contributed by atoms with Gasteiger partial charge in [0.25, 0.3) is 5.91 Å². The summed E-state index contributed by atoms with van der Waals surface area (Å²) in [6, 6.07) is 14.3. The smallest absolute Gasteiger partial charge is 0.251 e. The molecule has 0 atom stereocenters. The lowest BCUT2D eigenvalue weighted by Crippen LogP contribution is -2.17. The van der Waals surface area contributed by atoms with Gasteiger partial charge in [-0.1, -0.05) is 34.1 Å². The third kappa shape index (κ3) is 4.30. The van der Waals surface area contributed by atoms with Gasteiger partial charge in [0.1, 0.15) is 0 Å². The summed E-state index contributed by atoms with van der Waals surface area (Å²) >= 11 is 3.42. The first-order valence-electron chi connectivity index (χ1n) is 6.66. The van der Waals surface area contributed by atoms with Crippen molar-refractivity contribution in [3.8, 4) is 0 Å². The molecule has 22 heavy (non-hydrogen) atoms. The molecule has 0 aliphatic carbocycles. The SMILES string of the molecule is CNC(=O)c1ccc(NC(=O)/C=C/c2ccccc2Br)cc1. The monoisotopic (exact) mass is 358 g/mol. The fourth-order valence-corrected chi connectivity index (χ4v) is 2.23. The van der Waals surface area contributed by atoms with Crippen molar-refractivity contribution in [1.29, 1.82) is 0 Å². The van der Waals surface area contributed by atoms with E-state index in [2.05, 4.69) is 26.6 Å². The minimum atomic E-state index is -0.233. The minimum absolute atomic E-state index is 0.160. The largest absolute Gasteiger partial charge is 0.355 e. The van der Waals surface area contributed by atoms with Crippen molar-refractivity contribution in [1.82, 2.24) is 5.32 Å². The highest BCUT2D eigenvalue weighted by Crippen LogP contribution is 2.17. The van der Waals surface area contributed by atoms with E-state index in [0.29, 0.717) is 11.3 Å². The highest BCUT2D eigenvalue weighted by Gasteiger charge is 2.03. The summed E-state index contributed by atoms with van der Waals surface area (Å²) in [5.41, 5.74) is 2.10. The summed E-state index contributed by atoms with van der Waals surface area (Å²) < 4.78 is 0.925. The molecule has 0 aliphatic heterocycles. The van der Waals surface area contributed by atoms with Crippen molar-refractivity contribution in [2.24, 2.45) is 0 Å². The molecule has 0 aliphatic rings. The van der Waals surface area contributed by atoms with Crippen LogP contribution in [-0.4, -0.2) is 18.9 Å². The number of benzene rings is 2. The molecule has 2 N–H and O–H groups in total. The van der Waals surface area contributed by atoms with Gasteiger partial charge in [-0.2, -0.15) is 0 Å². The first-order chi connectivity index (χ1) is 10.6. The molecule has 112 valence electrons. The third-order valence-electron chi connectivity index (χ3n) is 2.96. The van der Waals surface area contributed by atoms with Crippen LogP contribution in [0.1, 0.15) is 15.9 Å². The zero-order valence-corrected chi connectivity index (χ0v) is 13.6. The van der Waals surface area contributed by atoms with E-state index in [1.807, 2.05) is 24.3 Å². The van der Waals surface area contributed by atoms with Gasteiger partial charge in [0.15, 0.2) is 0 Å². The normalized spacial score (nSPS) is 10.5. The van der Waals surface area contributed by atoms with E-state index in [-0.39, 0.29) is 11.8 Å². The number of hydrogen-bond acceptors (Lipinski definition) is 2. The lowest BCUT2D eigenvalue weighted by molar-refractivity contribution is -0.111. The third-order valence-corrected chi connectivity index (χ3v) is 3.68. The lowest BCUT2D eigenvalue weighted by Gasteiger charge is -2.04. The first kappa shape index (κ1) is 16.0. The molecule has 0 unspecified atom stereocenters. The molecule has 0 bridgehead atoms. The van der Waals surface area contributed by atoms with Crippen LogP contribution >= 0.6 is 15.9 Å². The van der Waals surface area contributed by atoms with Gasteiger partial charge in [0.2, 0.25) is 5.91 Å². The Morgan fingerprint density at radius 3 is 2.36 bits per heavy atom. The van der Waals surface area contributed by atoms with Crippen LogP contribution in [0, 0.1) is 0 Å². The molecular weight excluding hydrogens is 344 g/mol. The predicted molar refractivity (Wildman–Crippen MR) is 91.6 cm³/mol. The maximum absolute atomic E-state index is 11.9. The van der Waals surface area contributed by atoms with Crippen LogP contribution in [0.5, 0.6) is 0 Å². The molecule has 4 nitrogen and oxygen atoms in total. The number of rotatable bonds is 4. The Labute approximate surface area is 137 Å². The summed E-state index contributed by atoms with van der Waals surface area (Å²) in [7, 11) is 1.57. The van der Waals surface area contributed by atoms with Crippen LogP contribution < -0.4 is 10.6 Å². The Bertz CT molecular complexity index is 709. The number of anilines is 1. The molecule has 2 aromatic carbocycles. The average Bonchev–Trinajstić information content (AvgIpc) is 2.54. The molecule has 0 radical (unpaired) electrons. The number of halogens is 1. The fourth-order valence-electron chi connectivity index (χ4n) is 1.81. The van der Waals surface area contributed by atoms with Crippen LogP contribution in [0.4, 0.5) is 5.69 Å². The topological polar surface area (TPSA) is 58.2 Å². The Hall–Kier alpha value is -2.40. The Morgan fingerprint density at radius 2 is 1.73 bits per heavy atom. The second-order valence-corrected chi connectivity index (χ2v) is 5.35. The van der Waals surface area contributed by atoms with E-state index >= 15 is 0 Å². The van der Waals surface area contributed by atoms with Crippen LogP contribution in [0.2, 0.25) is 0 Å². The van der Waals surface area contributed by atoms with Gasteiger partial charge in [-0.3, -0.25) is 9.59 Å². The lowest BCUT2D eigenvalue weighted by atomic mass is 10.2. The van der Waals surface area contributed by atoms with Crippen molar-refractivity contribution in [2.45, 2.75) is 0 Å². The fraction of sp³-hybridized carbons (Fsp3) is 0.0588. The summed E-state index contributed by atoms with van der Waals surface area (Å²) in [6.07, 6.45) is 3.20. The molecule has 0 heterocycles. The molecule has 0 saturated heterocycles. The molecule has 0 saturated carbocycles. The molecule has 0 spiro atoms. The van der Waals surface area contributed by atoms with Gasteiger partial charge in [-0.15, -0.1) is 0 Å². The Kier molecular flexibility index (Phi) is 5.49. The summed E-state index contributed by atoms with van der Waals surface area (Å²) in [6.45, 7) is 0. The van der Waals surface area contributed by atoms with E-state index in [0.717, 1.165) is 10.0 Å². The van der Waals surface area contributed by atoms with Crippen molar-refractivity contribution >= 4 is 39.5 Å². The zero-order chi connectivity index (χ0) is 15.9. The van der Waals surface area contributed by atoms with Gasteiger partial charge in [0, 0.05) is 28.8 Å². The van der Waals surface area contributed by atoms with Gasteiger partial charge >= 0.3 is 0 Å². The molecule has 0 aromatic heterocycles. The second-order valence-electron chi connectivity index (χ2n) is 4.50. The molecule has 5 heteroatoms. The van der Waals surface area contributed by atoms with Crippen LogP contribution in [0.25, 0.3) is 6.08 Å².